The zero-order valence-electron chi connectivity index (χ0n) is 18.7. The number of fused-ring (bicyclic) bond motifs is 3. The van der Waals surface area contributed by atoms with Gasteiger partial charge in [-0.3, -0.25) is 0 Å². The fraction of sp³-hybridized carbons (Fsp3) is 0.310. The van der Waals surface area contributed by atoms with Crippen molar-refractivity contribution in [3.63, 3.8) is 0 Å². The minimum Gasteiger partial charge on any atom is -0.455 e. The number of ether oxygens (including phenoxy) is 2. The highest BCUT2D eigenvalue weighted by Gasteiger charge is 2.53. The van der Waals surface area contributed by atoms with E-state index in [1.165, 1.54) is 11.1 Å². The summed E-state index contributed by atoms with van der Waals surface area (Å²) in [5, 5.41) is 0. The van der Waals surface area contributed by atoms with E-state index in [1.54, 1.807) is 24.3 Å². The smallest absolute Gasteiger partial charge is 0.338 e. The maximum atomic E-state index is 13.0. The molecule has 3 aromatic rings. The second kappa shape index (κ2) is 9.22. The molecule has 0 spiro atoms. The van der Waals surface area contributed by atoms with Gasteiger partial charge in [0.25, 0.3) is 0 Å². The number of benzene rings is 3. The van der Waals surface area contributed by atoms with Crippen LogP contribution in [0.1, 0.15) is 57.0 Å². The molecule has 0 heterocycles. The van der Waals surface area contributed by atoms with E-state index in [0.29, 0.717) is 11.1 Å². The Balaban J connectivity index is 1.44. The molecule has 3 aliphatic carbocycles. The van der Waals surface area contributed by atoms with E-state index in [2.05, 4.69) is 31.2 Å². The third-order valence-corrected chi connectivity index (χ3v) is 7.17. The second-order valence-corrected chi connectivity index (χ2v) is 9.23. The van der Waals surface area contributed by atoms with Crippen LogP contribution in [0.25, 0.3) is 0 Å². The van der Waals surface area contributed by atoms with Gasteiger partial charge in [-0.1, -0.05) is 66.2 Å². The van der Waals surface area contributed by atoms with Crippen LogP contribution in [0.15, 0.2) is 84.9 Å². The molecule has 4 heteroatoms. The van der Waals surface area contributed by atoms with E-state index < -0.39 is 12.2 Å². The molecule has 3 aromatic carbocycles. The average Bonchev–Trinajstić information content (AvgIpc) is 2.87. The molecule has 5 unspecified atom stereocenters. The lowest BCUT2D eigenvalue weighted by Gasteiger charge is -2.51. The number of rotatable bonds is 5. The standard InChI is InChI=1S/C29H28O4/c1-19-12-14-20(15-13-19)25-18-23-16-17-24(25)27(33-29(31)22-10-6-3-7-11-22)26(23)32-28(30)21-8-4-2-5-9-21/h2-15,23-27H,16-18H2,1H3. The topological polar surface area (TPSA) is 52.6 Å². The first-order valence-electron chi connectivity index (χ1n) is 11.7. The van der Waals surface area contributed by atoms with Gasteiger partial charge in [-0.05, 0) is 61.9 Å². The summed E-state index contributed by atoms with van der Waals surface area (Å²) in [4.78, 5) is 25.9. The van der Waals surface area contributed by atoms with Crippen LogP contribution in [0.3, 0.4) is 0 Å². The van der Waals surface area contributed by atoms with Crippen LogP contribution in [0.2, 0.25) is 0 Å². The van der Waals surface area contributed by atoms with Crippen molar-refractivity contribution >= 4 is 11.9 Å². The molecule has 3 fully saturated rings. The van der Waals surface area contributed by atoms with Gasteiger partial charge in [0.1, 0.15) is 12.2 Å². The first-order chi connectivity index (χ1) is 16.1. The Morgan fingerprint density at radius 1 is 0.697 bits per heavy atom. The summed E-state index contributed by atoms with van der Waals surface area (Å²) in [6.07, 6.45) is 1.95. The Hall–Kier alpha value is -3.40. The molecule has 0 radical (unpaired) electrons. The number of hydrogen-bond acceptors (Lipinski definition) is 4. The highest BCUT2D eigenvalue weighted by Crippen LogP contribution is 2.52. The molecule has 0 saturated heterocycles. The molecular formula is C29H28O4. The van der Waals surface area contributed by atoms with E-state index in [-0.39, 0.29) is 29.7 Å². The summed E-state index contributed by atoms with van der Waals surface area (Å²) < 4.78 is 12.2. The van der Waals surface area contributed by atoms with Crippen LogP contribution in [-0.2, 0) is 9.47 Å². The van der Waals surface area contributed by atoms with E-state index in [0.717, 1.165) is 19.3 Å². The molecule has 6 rings (SSSR count). The number of esters is 2. The molecule has 0 N–H and O–H groups in total. The molecule has 3 saturated carbocycles. The third-order valence-electron chi connectivity index (χ3n) is 7.17. The fourth-order valence-electron chi connectivity index (χ4n) is 5.48. The molecule has 4 nitrogen and oxygen atoms in total. The van der Waals surface area contributed by atoms with Gasteiger partial charge in [-0.25, -0.2) is 9.59 Å². The number of aryl methyl sites for hydroxylation is 1. The largest absolute Gasteiger partial charge is 0.455 e. The van der Waals surface area contributed by atoms with Gasteiger partial charge in [0, 0.05) is 11.8 Å². The zero-order chi connectivity index (χ0) is 22.8. The van der Waals surface area contributed by atoms with Crippen LogP contribution in [0, 0.1) is 18.8 Å². The normalized spacial score (nSPS) is 25.9. The summed E-state index contributed by atoms with van der Waals surface area (Å²) in [7, 11) is 0. The minimum atomic E-state index is -0.468. The first-order valence-corrected chi connectivity index (χ1v) is 11.7. The Kier molecular flexibility index (Phi) is 5.99. The quantitative estimate of drug-likeness (QED) is 0.460. The van der Waals surface area contributed by atoms with Gasteiger partial charge in [-0.2, -0.15) is 0 Å². The Morgan fingerprint density at radius 3 is 1.82 bits per heavy atom. The van der Waals surface area contributed by atoms with Crippen LogP contribution >= 0.6 is 0 Å². The van der Waals surface area contributed by atoms with Crippen molar-refractivity contribution in [2.75, 3.05) is 0 Å². The Labute approximate surface area is 194 Å². The molecule has 0 aromatic heterocycles. The highest BCUT2D eigenvalue weighted by molar-refractivity contribution is 5.90. The summed E-state index contributed by atoms with van der Waals surface area (Å²) >= 11 is 0. The van der Waals surface area contributed by atoms with Gasteiger partial charge in [0.2, 0.25) is 0 Å². The van der Waals surface area contributed by atoms with Crippen LogP contribution < -0.4 is 0 Å². The Bertz CT molecular complexity index is 1110. The van der Waals surface area contributed by atoms with E-state index in [9.17, 15) is 9.59 Å². The van der Waals surface area contributed by atoms with E-state index in [1.807, 2.05) is 36.4 Å². The third kappa shape index (κ3) is 4.43. The fourth-order valence-corrected chi connectivity index (χ4v) is 5.48. The van der Waals surface area contributed by atoms with E-state index in [4.69, 9.17) is 9.47 Å². The van der Waals surface area contributed by atoms with Gasteiger partial charge in [-0.15, -0.1) is 0 Å². The Morgan fingerprint density at radius 2 is 1.24 bits per heavy atom. The molecule has 0 amide bonds. The van der Waals surface area contributed by atoms with Crippen molar-refractivity contribution < 1.29 is 19.1 Å². The summed E-state index contributed by atoms with van der Waals surface area (Å²) in [5.41, 5.74) is 3.52. The van der Waals surface area contributed by atoms with Crippen molar-refractivity contribution in [2.24, 2.45) is 11.8 Å². The number of carbonyl (C=O) groups is 2. The van der Waals surface area contributed by atoms with Crippen molar-refractivity contribution in [3.8, 4) is 0 Å². The summed E-state index contributed by atoms with van der Waals surface area (Å²) in [5.74, 6) is -0.177. The molecule has 0 aliphatic heterocycles. The van der Waals surface area contributed by atoms with Gasteiger partial charge >= 0.3 is 11.9 Å². The monoisotopic (exact) mass is 440 g/mol. The molecule has 5 atom stereocenters. The van der Waals surface area contributed by atoms with Crippen molar-refractivity contribution in [3.05, 3.63) is 107 Å². The van der Waals surface area contributed by atoms with Crippen LogP contribution in [0.5, 0.6) is 0 Å². The molecule has 2 bridgehead atoms. The molecule has 3 aliphatic rings. The SMILES string of the molecule is Cc1ccc(C2CC3CCC2C(OC(=O)c2ccccc2)C3OC(=O)c2ccccc2)cc1. The van der Waals surface area contributed by atoms with Crippen molar-refractivity contribution in [2.45, 2.75) is 44.3 Å². The predicted octanol–water partition coefficient (Wildman–Crippen LogP) is 5.96. The molecule has 33 heavy (non-hydrogen) atoms. The van der Waals surface area contributed by atoms with Crippen LogP contribution in [0.4, 0.5) is 0 Å². The minimum absolute atomic E-state index is 0.110. The molecular weight excluding hydrogens is 412 g/mol. The lowest BCUT2D eigenvalue weighted by Crippen LogP contribution is -2.54. The van der Waals surface area contributed by atoms with Gasteiger partial charge in [0.05, 0.1) is 11.1 Å². The number of hydrogen-bond donors (Lipinski definition) is 0. The molecule has 168 valence electrons. The zero-order valence-corrected chi connectivity index (χ0v) is 18.7. The average molecular weight is 441 g/mol. The maximum absolute atomic E-state index is 13.0. The summed E-state index contributed by atoms with van der Waals surface area (Å²) in [6, 6.07) is 26.7. The van der Waals surface area contributed by atoms with E-state index >= 15 is 0 Å². The predicted molar refractivity (Wildman–Crippen MR) is 126 cm³/mol. The van der Waals surface area contributed by atoms with Gasteiger partial charge < -0.3 is 9.47 Å². The van der Waals surface area contributed by atoms with Crippen molar-refractivity contribution in [1.82, 2.24) is 0 Å². The highest BCUT2D eigenvalue weighted by atomic mass is 16.6. The second-order valence-electron chi connectivity index (χ2n) is 9.23. The maximum Gasteiger partial charge on any atom is 0.338 e. The summed E-state index contributed by atoms with van der Waals surface area (Å²) in [6.45, 7) is 2.08. The van der Waals surface area contributed by atoms with Crippen LogP contribution in [-0.4, -0.2) is 24.1 Å². The lowest BCUT2D eigenvalue weighted by atomic mass is 9.60. The van der Waals surface area contributed by atoms with Crippen molar-refractivity contribution in [1.29, 1.82) is 0 Å². The van der Waals surface area contributed by atoms with Gasteiger partial charge in [0.15, 0.2) is 0 Å². The number of carbonyl (C=O) groups excluding carboxylic acids is 2. The first kappa shape index (κ1) is 21.4. The lowest BCUT2D eigenvalue weighted by molar-refractivity contribution is -0.129.